The van der Waals surface area contributed by atoms with Gasteiger partial charge in [-0.1, -0.05) is 18.2 Å². The molecule has 1 N–H and O–H groups in total. The Morgan fingerprint density at radius 1 is 1.13 bits per heavy atom. The molecular formula is C12H10O2S. The molecule has 3 heteroatoms. The van der Waals surface area contributed by atoms with Crippen LogP contribution in [0.2, 0.25) is 0 Å². The van der Waals surface area contributed by atoms with Crippen molar-refractivity contribution in [2.75, 3.05) is 0 Å². The summed E-state index contributed by atoms with van der Waals surface area (Å²) in [5, 5.41) is 11.2. The summed E-state index contributed by atoms with van der Waals surface area (Å²) in [4.78, 5) is 12.4. The van der Waals surface area contributed by atoms with Gasteiger partial charge in [-0.15, -0.1) is 11.3 Å². The van der Waals surface area contributed by atoms with Crippen molar-refractivity contribution in [1.82, 2.24) is 0 Å². The van der Waals surface area contributed by atoms with E-state index in [0.29, 0.717) is 0 Å². The quantitative estimate of drug-likeness (QED) is 0.840. The normalized spacial score (nSPS) is 10.1. The first-order valence-electron chi connectivity index (χ1n) is 4.60. The zero-order chi connectivity index (χ0) is 10.7. The molecule has 1 heterocycles. The Balaban J connectivity index is 2.31. The molecule has 0 saturated carbocycles. The van der Waals surface area contributed by atoms with Crippen LogP contribution >= 0.6 is 11.3 Å². The van der Waals surface area contributed by atoms with E-state index in [1.165, 1.54) is 17.0 Å². The molecule has 76 valence electrons. The molecule has 1 aromatic heterocycles. The molecule has 0 aliphatic heterocycles. The molecule has 0 aliphatic rings. The number of thiophene rings is 1. The van der Waals surface area contributed by atoms with Gasteiger partial charge in [-0.05, 0) is 29.1 Å². The topological polar surface area (TPSA) is 37.3 Å². The predicted molar refractivity (Wildman–Crippen MR) is 61.5 cm³/mol. The molecule has 1 aromatic carbocycles. The first-order chi connectivity index (χ1) is 7.25. The van der Waals surface area contributed by atoms with Crippen LogP contribution in [0.3, 0.4) is 0 Å². The average molecular weight is 218 g/mol. The summed E-state index contributed by atoms with van der Waals surface area (Å²) in [6, 6.07) is 10.4. The van der Waals surface area contributed by atoms with Gasteiger partial charge in [0.1, 0.15) is 0 Å². The molecule has 0 amide bonds. The van der Waals surface area contributed by atoms with E-state index < -0.39 is 0 Å². The molecule has 0 spiro atoms. The minimum atomic E-state index is -0.340. The minimum absolute atomic E-state index is 0.201. The highest BCUT2D eigenvalue weighted by atomic mass is 32.1. The summed E-state index contributed by atoms with van der Waals surface area (Å²) in [5.74, 6) is -0.201. The summed E-state index contributed by atoms with van der Waals surface area (Å²) in [6.07, 6.45) is 0.797. The fourth-order valence-corrected chi connectivity index (χ4v) is 2.06. The Bertz CT molecular complexity index is 503. The molecule has 0 unspecified atom stereocenters. The molecule has 15 heavy (non-hydrogen) atoms. The van der Waals surface area contributed by atoms with Crippen molar-refractivity contribution in [3.05, 3.63) is 62.4 Å². The van der Waals surface area contributed by atoms with Crippen LogP contribution in [0.4, 0.5) is 0 Å². The Labute approximate surface area is 91.5 Å². The molecule has 2 nitrogen and oxygen atoms in total. The van der Waals surface area contributed by atoms with E-state index >= 15 is 0 Å². The van der Waals surface area contributed by atoms with Gasteiger partial charge in [-0.2, -0.15) is 0 Å². The smallest absolute Gasteiger partial charge is 0.220 e. The molecule has 0 saturated heterocycles. The summed E-state index contributed by atoms with van der Waals surface area (Å²) >= 11 is 1.68. The lowest BCUT2D eigenvalue weighted by Crippen LogP contribution is -1.91. The molecule has 2 rings (SSSR count). The van der Waals surface area contributed by atoms with Gasteiger partial charge >= 0.3 is 0 Å². The maximum atomic E-state index is 11.1. The Hall–Kier alpha value is -1.61. The molecule has 0 fully saturated rings. The molecule has 0 radical (unpaired) electrons. The zero-order valence-corrected chi connectivity index (χ0v) is 8.83. The Morgan fingerprint density at radius 3 is 2.67 bits per heavy atom. The first-order valence-corrected chi connectivity index (χ1v) is 5.48. The van der Waals surface area contributed by atoms with Gasteiger partial charge in [0.2, 0.25) is 5.43 Å². The van der Waals surface area contributed by atoms with Crippen molar-refractivity contribution in [3.63, 3.8) is 0 Å². The number of hydrogen-bond acceptors (Lipinski definition) is 3. The van der Waals surface area contributed by atoms with Gasteiger partial charge in [0.05, 0.1) is 0 Å². The number of hydrogen-bond donors (Lipinski definition) is 1. The van der Waals surface area contributed by atoms with E-state index in [9.17, 15) is 9.90 Å². The van der Waals surface area contributed by atoms with Gasteiger partial charge in [-0.3, -0.25) is 4.79 Å². The van der Waals surface area contributed by atoms with Crippen LogP contribution in [0.5, 0.6) is 5.75 Å². The van der Waals surface area contributed by atoms with Crippen LogP contribution in [-0.2, 0) is 6.42 Å². The summed E-state index contributed by atoms with van der Waals surface area (Å²) in [5.41, 5.74) is 0.683. The fourth-order valence-electron chi connectivity index (χ4n) is 1.32. The third-order valence-electron chi connectivity index (χ3n) is 2.11. The van der Waals surface area contributed by atoms with E-state index in [2.05, 4.69) is 6.07 Å². The molecule has 0 bridgehead atoms. The van der Waals surface area contributed by atoms with Crippen molar-refractivity contribution in [2.24, 2.45) is 0 Å². The second-order valence-electron chi connectivity index (χ2n) is 3.25. The van der Waals surface area contributed by atoms with Crippen LogP contribution in [-0.4, -0.2) is 5.11 Å². The standard InChI is InChI=1S/C12H10O2S/c13-11-5-3-9(4-6-12(11)14)8-10-2-1-7-15-10/h1-7H,8H2,(H,13,14). The highest BCUT2D eigenvalue weighted by Crippen LogP contribution is 2.14. The lowest BCUT2D eigenvalue weighted by Gasteiger charge is -1.93. The van der Waals surface area contributed by atoms with Crippen molar-refractivity contribution in [1.29, 1.82) is 0 Å². The molecular weight excluding hydrogens is 208 g/mol. The number of aromatic hydroxyl groups is 1. The average Bonchev–Trinajstić information content (AvgIpc) is 2.68. The summed E-state index contributed by atoms with van der Waals surface area (Å²) in [7, 11) is 0. The van der Waals surface area contributed by atoms with Crippen molar-refractivity contribution >= 4 is 11.3 Å². The van der Waals surface area contributed by atoms with E-state index in [-0.39, 0.29) is 11.2 Å². The highest BCUT2D eigenvalue weighted by Gasteiger charge is 1.97. The third-order valence-corrected chi connectivity index (χ3v) is 2.99. The monoisotopic (exact) mass is 218 g/mol. The van der Waals surface area contributed by atoms with Crippen molar-refractivity contribution in [2.45, 2.75) is 6.42 Å². The van der Waals surface area contributed by atoms with Gasteiger partial charge in [0.15, 0.2) is 5.75 Å². The van der Waals surface area contributed by atoms with Gasteiger partial charge in [-0.25, -0.2) is 0 Å². The highest BCUT2D eigenvalue weighted by molar-refractivity contribution is 7.09. The fraction of sp³-hybridized carbons (Fsp3) is 0.0833. The zero-order valence-electron chi connectivity index (χ0n) is 8.01. The van der Waals surface area contributed by atoms with Crippen LogP contribution in [0.25, 0.3) is 0 Å². The van der Waals surface area contributed by atoms with Crippen LogP contribution in [0.1, 0.15) is 10.4 Å². The van der Waals surface area contributed by atoms with Gasteiger partial charge < -0.3 is 5.11 Å². The maximum Gasteiger partial charge on any atom is 0.220 e. The lowest BCUT2D eigenvalue weighted by molar-refractivity contribution is 0.471. The molecule has 0 atom stereocenters. The summed E-state index contributed by atoms with van der Waals surface area (Å²) < 4.78 is 0. The van der Waals surface area contributed by atoms with Crippen LogP contribution in [0.15, 0.2) is 46.6 Å². The van der Waals surface area contributed by atoms with E-state index in [4.69, 9.17) is 0 Å². The summed E-state index contributed by atoms with van der Waals surface area (Å²) in [6.45, 7) is 0. The van der Waals surface area contributed by atoms with Crippen molar-refractivity contribution in [3.8, 4) is 5.75 Å². The van der Waals surface area contributed by atoms with Gasteiger partial charge in [0.25, 0.3) is 0 Å². The molecule has 0 aliphatic carbocycles. The van der Waals surface area contributed by atoms with E-state index in [1.807, 2.05) is 11.4 Å². The van der Waals surface area contributed by atoms with Gasteiger partial charge in [0, 0.05) is 11.3 Å². The van der Waals surface area contributed by atoms with E-state index in [1.54, 1.807) is 23.5 Å². The first kappa shape index (κ1) is 9.93. The van der Waals surface area contributed by atoms with Crippen molar-refractivity contribution < 1.29 is 5.11 Å². The van der Waals surface area contributed by atoms with Crippen LogP contribution < -0.4 is 5.43 Å². The molecule has 2 aromatic rings. The third kappa shape index (κ3) is 2.44. The van der Waals surface area contributed by atoms with E-state index in [0.717, 1.165) is 12.0 Å². The minimum Gasteiger partial charge on any atom is -0.504 e. The number of rotatable bonds is 2. The second-order valence-corrected chi connectivity index (χ2v) is 4.28. The Morgan fingerprint density at radius 2 is 1.93 bits per heavy atom. The maximum absolute atomic E-state index is 11.1. The predicted octanol–water partition coefficient (Wildman–Crippen LogP) is 2.40. The largest absolute Gasteiger partial charge is 0.504 e. The van der Waals surface area contributed by atoms with Crippen LogP contribution in [0, 0.1) is 0 Å². The SMILES string of the molecule is O=c1ccc(Cc2cccs2)ccc1O. The second kappa shape index (κ2) is 4.28. The lowest BCUT2D eigenvalue weighted by atomic mass is 10.2. The Kier molecular flexibility index (Phi) is 2.83.